The van der Waals surface area contributed by atoms with Gasteiger partial charge in [-0.3, -0.25) is 9.36 Å². The monoisotopic (exact) mass is 538 g/mol. The van der Waals surface area contributed by atoms with Gasteiger partial charge < -0.3 is 9.47 Å². The van der Waals surface area contributed by atoms with Crippen LogP contribution in [-0.4, -0.2) is 16.6 Å². The van der Waals surface area contributed by atoms with Crippen molar-refractivity contribution in [1.82, 2.24) is 4.57 Å². The highest BCUT2D eigenvalue weighted by Gasteiger charge is 2.33. The van der Waals surface area contributed by atoms with Crippen molar-refractivity contribution in [3.8, 4) is 5.75 Å². The summed E-state index contributed by atoms with van der Waals surface area (Å²) in [5.74, 6) is 0.291. The number of hydrogen-bond donors (Lipinski definition) is 0. The lowest BCUT2D eigenvalue weighted by Crippen LogP contribution is -2.40. The van der Waals surface area contributed by atoms with Gasteiger partial charge in [0.25, 0.3) is 5.56 Å². The summed E-state index contributed by atoms with van der Waals surface area (Å²) >= 11 is 1.31. The number of fused-ring (bicyclic) bond motifs is 1. The summed E-state index contributed by atoms with van der Waals surface area (Å²) in [5, 5.41) is 0. The molecule has 0 fully saturated rings. The van der Waals surface area contributed by atoms with Crippen LogP contribution in [0.1, 0.15) is 49.1 Å². The number of allylic oxidation sites excluding steroid dienone is 1. The molecule has 5 rings (SSSR count). The van der Waals surface area contributed by atoms with E-state index in [0.717, 1.165) is 22.4 Å². The number of hydrogen-bond acceptors (Lipinski definition) is 6. The molecule has 7 heteroatoms. The fourth-order valence-electron chi connectivity index (χ4n) is 4.59. The topological polar surface area (TPSA) is 69.9 Å². The highest BCUT2D eigenvalue weighted by molar-refractivity contribution is 7.07. The molecular formula is C32H30N2O4S. The number of aromatic nitrogens is 1. The van der Waals surface area contributed by atoms with E-state index in [4.69, 9.17) is 9.47 Å². The van der Waals surface area contributed by atoms with Crippen LogP contribution < -0.4 is 19.6 Å². The van der Waals surface area contributed by atoms with Crippen molar-refractivity contribution in [1.29, 1.82) is 0 Å². The number of ether oxygens (including phenoxy) is 2. The van der Waals surface area contributed by atoms with Crippen molar-refractivity contribution >= 4 is 23.4 Å². The molecule has 2 heterocycles. The second-order valence-corrected chi connectivity index (χ2v) is 10.8. The lowest BCUT2D eigenvalue weighted by atomic mass is 9.96. The smallest absolute Gasteiger partial charge is 0.338 e. The molecule has 0 N–H and O–H groups in total. The lowest BCUT2D eigenvalue weighted by molar-refractivity contribution is -0.143. The fraction of sp³-hybridized carbons (Fsp3) is 0.219. The van der Waals surface area contributed by atoms with Crippen molar-refractivity contribution < 1.29 is 14.3 Å². The normalized spacial score (nSPS) is 15.2. The number of aryl methyl sites for hydroxylation is 1. The fourth-order valence-corrected chi connectivity index (χ4v) is 5.64. The Balaban J connectivity index is 1.48. The van der Waals surface area contributed by atoms with Crippen LogP contribution in [0, 0.1) is 6.92 Å². The Labute approximate surface area is 231 Å². The molecule has 0 radical (unpaired) electrons. The minimum atomic E-state index is -0.617. The summed E-state index contributed by atoms with van der Waals surface area (Å²) in [6.45, 7) is 7.95. The Morgan fingerprint density at radius 3 is 2.46 bits per heavy atom. The summed E-state index contributed by atoms with van der Waals surface area (Å²) in [7, 11) is 0. The van der Waals surface area contributed by atoms with Gasteiger partial charge in [0, 0.05) is 0 Å². The summed E-state index contributed by atoms with van der Waals surface area (Å²) < 4.78 is 13.6. The van der Waals surface area contributed by atoms with Gasteiger partial charge in [-0.1, -0.05) is 83.6 Å². The van der Waals surface area contributed by atoms with Crippen molar-refractivity contribution in [2.45, 2.75) is 46.4 Å². The molecular weight excluding hydrogens is 508 g/mol. The Kier molecular flexibility index (Phi) is 7.61. The van der Waals surface area contributed by atoms with Crippen molar-refractivity contribution in [3.05, 3.63) is 132 Å². The zero-order chi connectivity index (χ0) is 27.5. The number of nitrogens with zero attached hydrogens (tertiary/aromatic N) is 2. The molecule has 1 atom stereocenters. The third-order valence-corrected chi connectivity index (χ3v) is 7.35. The Morgan fingerprint density at radius 1 is 1.03 bits per heavy atom. The van der Waals surface area contributed by atoms with Gasteiger partial charge in [-0.15, -0.1) is 0 Å². The Hall–Kier alpha value is -4.23. The molecule has 1 aliphatic heterocycles. The molecule has 0 bridgehead atoms. The molecule has 0 spiro atoms. The van der Waals surface area contributed by atoms with E-state index in [0.29, 0.717) is 27.2 Å². The van der Waals surface area contributed by atoms with Crippen LogP contribution in [0.15, 0.2) is 99.9 Å². The zero-order valence-corrected chi connectivity index (χ0v) is 23.2. The molecule has 0 saturated heterocycles. The molecule has 0 saturated carbocycles. The predicted molar refractivity (Wildman–Crippen MR) is 153 cm³/mol. The highest BCUT2D eigenvalue weighted by atomic mass is 32.1. The third kappa shape index (κ3) is 5.78. The van der Waals surface area contributed by atoms with Crippen LogP contribution >= 0.6 is 11.3 Å². The number of esters is 1. The van der Waals surface area contributed by atoms with Crippen LogP contribution in [0.2, 0.25) is 0 Å². The Morgan fingerprint density at radius 2 is 1.77 bits per heavy atom. The van der Waals surface area contributed by atoms with E-state index in [1.54, 1.807) is 25.3 Å². The number of carbonyl (C=O) groups excluding carboxylic acids is 1. The largest absolute Gasteiger partial charge is 0.489 e. The van der Waals surface area contributed by atoms with Gasteiger partial charge in [0.05, 0.1) is 27.9 Å². The molecule has 1 aromatic heterocycles. The van der Waals surface area contributed by atoms with E-state index in [1.807, 2.05) is 72.8 Å². The quantitative estimate of drug-likeness (QED) is 0.308. The molecule has 4 aromatic rings. The van der Waals surface area contributed by atoms with Crippen molar-refractivity contribution in [2.24, 2.45) is 4.99 Å². The number of carbonyl (C=O) groups is 1. The zero-order valence-electron chi connectivity index (χ0n) is 22.4. The molecule has 1 aliphatic rings. The second-order valence-electron chi connectivity index (χ2n) is 9.79. The van der Waals surface area contributed by atoms with Crippen molar-refractivity contribution in [2.75, 3.05) is 0 Å². The molecule has 3 aromatic carbocycles. The van der Waals surface area contributed by atoms with Gasteiger partial charge in [-0.05, 0) is 62.6 Å². The van der Waals surface area contributed by atoms with Gasteiger partial charge in [0.2, 0.25) is 0 Å². The van der Waals surface area contributed by atoms with Crippen molar-refractivity contribution in [3.63, 3.8) is 0 Å². The molecule has 39 heavy (non-hydrogen) atoms. The van der Waals surface area contributed by atoms with Gasteiger partial charge >= 0.3 is 5.97 Å². The van der Waals surface area contributed by atoms with E-state index >= 15 is 0 Å². The summed E-state index contributed by atoms with van der Waals surface area (Å²) in [6.07, 6.45) is 1.56. The summed E-state index contributed by atoms with van der Waals surface area (Å²) in [6, 6.07) is 24.8. The Bertz CT molecular complexity index is 1710. The van der Waals surface area contributed by atoms with Gasteiger partial charge in [0.15, 0.2) is 4.80 Å². The van der Waals surface area contributed by atoms with E-state index in [1.165, 1.54) is 16.9 Å². The number of benzene rings is 3. The van der Waals surface area contributed by atoms with Gasteiger partial charge in [0.1, 0.15) is 12.4 Å². The molecule has 0 aliphatic carbocycles. The molecule has 198 valence electrons. The SMILES string of the molecule is CC1=C(C(=O)OC(C)C)C(c2ccccc2)n2c(sc(=Cc3ccc(OCc4cccc(C)c4)cc3)c2=O)=N1. The first-order valence-corrected chi connectivity index (χ1v) is 13.7. The minimum Gasteiger partial charge on any atom is -0.489 e. The average molecular weight is 539 g/mol. The van der Waals surface area contributed by atoms with E-state index in [9.17, 15) is 9.59 Å². The first kappa shape index (κ1) is 26.4. The van der Waals surface area contributed by atoms with Crippen LogP contribution in [0.3, 0.4) is 0 Å². The van der Waals surface area contributed by atoms with E-state index < -0.39 is 12.0 Å². The van der Waals surface area contributed by atoms with Crippen LogP contribution in [0.5, 0.6) is 5.75 Å². The van der Waals surface area contributed by atoms with Crippen LogP contribution in [-0.2, 0) is 16.1 Å². The van der Waals surface area contributed by atoms with E-state index in [2.05, 4.69) is 24.0 Å². The van der Waals surface area contributed by atoms with Crippen LogP contribution in [0.25, 0.3) is 6.08 Å². The molecule has 6 nitrogen and oxygen atoms in total. The predicted octanol–water partition coefficient (Wildman–Crippen LogP) is 5.07. The number of rotatable bonds is 7. The summed E-state index contributed by atoms with van der Waals surface area (Å²) in [5.41, 5.74) is 4.73. The van der Waals surface area contributed by atoms with Crippen LogP contribution in [0.4, 0.5) is 0 Å². The standard InChI is InChI=1S/C32H30N2O4S/c1-20(2)38-31(36)28-22(4)33-32-34(29(28)25-11-6-5-7-12-25)30(35)27(39-32)18-23-13-15-26(16-14-23)37-19-24-10-8-9-21(3)17-24/h5-18,20,29H,19H2,1-4H3. The third-order valence-electron chi connectivity index (χ3n) is 6.37. The van der Waals surface area contributed by atoms with Gasteiger partial charge in [-0.25, -0.2) is 9.79 Å². The number of thiazole rings is 1. The molecule has 0 amide bonds. The first-order chi connectivity index (χ1) is 18.8. The highest BCUT2D eigenvalue weighted by Crippen LogP contribution is 2.30. The molecule has 1 unspecified atom stereocenters. The minimum absolute atomic E-state index is 0.199. The van der Waals surface area contributed by atoms with Gasteiger partial charge in [-0.2, -0.15) is 0 Å². The summed E-state index contributed by atoms with van der Waals surface area (Å²) in [4.78, 5) is 32.1. The average Bonchev–Trinajstić information content (AvgIpc) is 3.21. The maximum absolute atomic E-state index is 13.7. The second kappa shape index (κ2) is 11.3. The maximum atomic E-state index is 13.7. The first-order valence-electron chi connectivity index (χ1n) is 12.9. The maximum Gasteiger partial charge on any atom is 0.338 e. The van der Waals surface area contributed by atoms with E-state index in [-0.39, 0.29) is 11.7 Å². The lowest BCUT2D eigenvalue weighted by Gasteiger charge is -2.25.